The van der Waals surface area contributed by atoms with Gasteiger partial charge in [-0.05, 0) is 33.3 Å². The van der Waals surface area contributed by atoms with Crippen molar-refractivity contribution >= 4 is 17.7 Å². The third-order valence-corrected chi connectivity index (χ3v) is 3.91. The van der Waals surface area contributed by atoms with E-state index in [4.69, 9.17) is 10.5 Å². The van der Waals surface area contributed by atoms with Gasteiger partial charge in [0.25, 0.3) is 0 Å². The highest BCUT2D eigenvalue weighted by Crippen LogP contribution is 2.16. The van der Waals surface area contributed by atoms with Crippen LogP contribution < -0.4 is 5.73 Å². The smallest absolute Gasteiger partial charge is 0.337 e. The molecule has 2 atom stereocenters. The zero-order valence-corrected chi connectivity index (χ0v) is 13.9. The maximum Gasteiger partial charge on any atom is 0.337 e. The van der Waals surface area contributed by atoms with Crippen LogP contribution in [0.2, 0.25) is 0 Å². The molecule has 0 radical (unpaired) electrons. The summed E-state index contributed by atoms with van der Waals surface area (Å²) in [5.74, 6) is 0.634. The predicted molar refractivity (Wildman–Crippen MR) is 87.2 cm³/mol. The summed E-state index contributed by atoms with van der Waals surface area (Å²) in [6.07, 6.45) is -1.28. The van der Waals surface area contributed by atoms with Crippen molar-refractivity contribution in [1.29, 1.82) is 0 Å². The van der Waals surface area contributed by atoms with Crippen molar-refractivity contribution in [2.24, 2.45) is 5.73 Å². The number of aliphatic hydroxyl groups is 1. The van der Waals surface area contributed by atoms with Crippen LogP contribution in [0.5, 0.6) is 0 Å². The van der Waals surface area contributed by atoms with Crippen LogP contribution in [0.25, 0.3) is 0 Å². The number of hydrogen-bond acceptors (Lipinski definition) is 5. The third-order valence-electron chi connectivity index (χ3n) is 2.75. The normalized spacial score (nSPS) is 14.6. The number of carbonyl (C=O) groups excluding carboxylic acids is 1. The molecule has 0 aliphatic heterocycles. The lowest BCUT2D eigenvalue weighted by Crippen LogP contribution is -2.45. The second kappa shape index (κ2) is 7.82. The number of hydrogen-bond donors (Lipinski definition) is 2. The molecule has 0 aliphatic carbocycles. The van der Waals surface area contributed by atoms with Gasteiger partial charge in [0.1, 0.15) is 5.60 Å². The number of esters is 1. The molecule has 0 spiro atoms. The summed E-state index contributed by atoms with van der Waals surface area (Å²) in [6.45, 7) is 7.32. The molecule has 0 heterocycles. The molecule has 3 N–H and O–H groups in total. The zero-order chi connectivity index (χ0) is 16.0. The molecule has 4 nitrogen and oxygen atoms in total. The average Bonchev–Trinajstić information content (AvgIpc) is 2.38. The standard InChI is InChI=1S/C16H25NO3S/c1-11-5-7-12(8-6-11)9-21-10-13(17)14(18)15(19)20-16(2,3)4/h5-8,13-14,18H,9-10,17H2,1-4H3/t13?,14-/m0/s1. The fourth-order valence-corrected chi connectivity index (χ4v) is 2.63. The van der Waals surface area contributed by atoms with E-state index < -0.39 is 23.7 Å². The molecular weight excluding hydrogens is 286 g/mol. The Morgan fingerprint density at radius 1 is 1.33 bits per heavy atom. The Balaban J connectivity index is 2.37. The molecule has 0 saturated heterocycles. The van der Waals surface area contributed by atoms with Crippen LogP contribution in [-0.4, -0.2) is 34.6 Å². The molecule has 0 aromatic heterocycles. The first-order valence-electron chi connectivity index (χ1n) is 6.99. The fraction of sp³-hybridized carbons (Fsp3) is 0.562. The van der Waals surface area contributed by atoms with E-state index in [-0.39, 0.29) is 0 Å². The van der Waals surface area contributed by atoms with E-state index in [0.717, 1.165) is 5.75 Å². The molecular formula is C16H25NO3S. The quantitative estimate of drug-likeness (QED) is 0.788. The Bertz CT molecular complexity index is 454. The molecule has 1 rings (SSSR count). The minimum atomic E-state index is -1.28. The molecule has 5 heteroatoms. The van der Waals surface area contributed by atoms with Gasteiger partial charge in [-0.3, -0.25) is 0 Å². The molecule has 118 valence electrons. The van der Waals surface area contributed by atoms with E-state index in [0.29, 0.717) is 5.75 Å². The van der Waals surface area contributed by atoms with Gasteiger partial charge >= 0.3 is 5.97 Å². The van der Waals surface area contributed by atoms with Gasteiger partial charge in [0.05, 0.1) is 6.04 Å². The van der Waals surface area contributed by atoms with Crippen molar-refractivity contribution in [3.8, 4) is 0 Å². The first-order valence-corrected chi connectivity index (χ1v) is 8.14. The summed E-state index contributed by atoms with van der Waals surface area (Å²) in [6, 6.07) is 7.63. The Morgan fingerprint density at radius 2 is 1.90 bits per heavy atom. The molecule has 21 heavy (non-hydrogen) atoms. The van der Waals surface area contributed by atoms with Crippen molar-refractivity contribution in [2.45, 2.75) is 51.2 Å². The van der Waals surface area contributed by atoms with Crippen LogP contribution in [0.3, 0.4) is 0 Å². The number of ether oxygens (including phenoxy) is 1. The van der Waals surface area contributed by atoms with Crippen LogP contribution in [0.4, 0.5) is 0 Å². The second-order valence-corrected chi connectivity index (χ2v) is 7.17. The van der Waals surface area contributed by atoms with Gasteiger partial charge in [-0.1, -0.05) is 29.8 Å². The first-order chi connectivity index (χ1) is 9.69. The number of thioether (sulfide) groups is 1. The average molecular weight is 311 g/mol. The van der Waals surface area contributed by atoms with Crippen molar-refractivity contribution in [3.05, 3.63) is 35.4 Å². The molecule has 1 aromatic rings. The number of rotatable bonds is 6. The van der Waals surface area contributed by atoms with E-state index in [2.05, 4.69) is 24.3 Å². The summed E-state index contributed by atoms with van der Waals surface area (Å²) < 4.78 is 5.12. The monoisotopic (exact) mass is 311 g/mol. The number of benzene rings is 1. The lowest BCUT2D eigenvalue weighted by molar-refractivity contribution is -0.165. The SMILES string of the molecule is Cc1ccc(CSCC(N)[C@H](O)C(=O)OC(C)(C)C)cc1. The summed E-state index contributed by atoms with van der Waals surface area (Å²) in [4.78, 5) is 11.7. The lowest BCUT2D eigenvalue weighted by Gasteiger charge is -2.24. The maximum atomic E-state index is 11.7. The highest BCUT2D eigenvalue weighted by atomic mass is 32.2. The maximum absolute atomic E-state index is 11.7. The van der Waals surface area contributed by atoms with Gasteiger partial charge < -0.3 is 15.6 Å². The molecule has 0 aliphatic rings. The van der Waals surface area contributed by atoms with E-state index in [1.54, 1.807) is 32.5 Å². The van der Waals surface area contributed by atoms with Gasteiger partial charge in [-0.15, -0.1) is 0 Å². The summed E-state index contributed by atoms with van der Waals surface area (Å²) in [5, 5.41) is 9.87. The van der Waals surface area contributed by atoms with Crippen molar-refractivity contribution in [3.63, 3.8) is 0 Å². The van der Waals surface area contributed by atoms with Crippen LogP contribution in [0.15, 0.2) is 24.3 Å². The van der Waals surface area contributed by atoms with Crippen LogP contribution in [0.1, 0.15) is 31.9 Å². The van der Waals surface area contributed by atoms with Crippen LogP contribution in [-0.2, 0) is 15.3 Å². The molecule has 1 unspecified atom stereocenters. The largest absolute Gasteiger partial charge is 0.458 e. The Labute approximate surface area is 131 Å². The molecule has 0 amide bonds. The van der Waals surface area contributed by atoms with E-state index in [1.807, 2.05) is 6.92 Å². The van der Waals surface area contributed by atoms with Crippen molar-refractivity contribution in [2.75, 3.05) is 5.75 Å². The van der Waals surface area contributed by atoms with Gasteiger partial charge in [-0.2, -0.15) is 11.8 Å². The predicted octanol–water partition coefficient (Wildman–Crippen LogP) is 2.26. The Kier molecular flexibility index (Phi) is 6.71. The Hall–Kier alpha value is -1.04. The van der Waals surface area contributed by atoms with Crippen molar-refractivity contribution in [1.82, 2.24) is 0 Å². The highest BCUT2D eigenvalue weighted by Gasteiger charge is 2.28. The van der Waals surface area contributed by atoms with Crippen LogP contribution >= 0.6 is 11.8 Å². The highest BCUT2D eigenvalue weighted by molar-refractivity contribution is 7.98. The van der Waals surface area contributed by atoms with Gasteiger partial charge in [0.15, 0.2) is 6.10 Å². The van der Waals surface area contributed by atoms with Crippen LogP contribution in [0, 0.1) is 6.92 Å². The molecule has 0 fully saturated rings. The minimum Gasteiger partial charge on any atom is -0.458 e. The summed E-state index contributed by atoms with van der Waals surface area (Å²) in [5.41, 5.74) is 7.66. The first kappa shape index (κ1) is 18.0. The Morgan fingerprint density at radius 3 is 2.43 bits per heavy atom. The van der Waals surface area contributed by atoms with Crippen molar-refractivity contribution < 1.29 is 14.6 Å². The lowest BCUT2D eigenvalue weighted by atomic mass is 10.1. The molecule has 1 aromatic carbocycles. The van der Waals surface area contributed by atoms with E-state index >= 15 is 0 Å². The van der Waals surface area contributed by atoms with E-state index in [9.17, 15) is 9.90 Å². The fourth-order valence-electron chi connectivity index (χ4n) is 1.63. The zero-order valence-electron chi connectivity index (χ0n) is 13.1. The van der Waals surface area contributed by atoms with Gasteiger partial charge in [0, 0.05) is 11.5 Å². The summed E-state index contributed by atoms with van der Waals surface area (Å²) in [7, 11) is 0. The third kappa shape index (κ3) is 6.98. The number of nitrogens with two attached hydrogens (primary N) is 1. The van der Waals surface area contributed by atoms with E-state index in [1.165, 1.54) is 11.1 Å². The minimum absolute atomic E-state index is 0.494. The molecule has 0 saturated carbocycles. The molecule has 0 bridgehead atoms. The number of aryl methyl sites for hydroxylation is 1. The number of carbonyl (C=O) groups is 1. The van der Waals surface area contributed by atoms with Gasteiger partial charge in [0.2, 0.25) is 0 Å². The second-order valence-electron chi connectivity index (χ2n) is 6.14. The van der Waals surface area contributed by atoms with Gasteiger partial charge in [-0.25, -0.2) is 4.79 Å². The number of aliphatic hydroxyl groups excluding tert-OH is 1. The summed E-state index contributed by atoms with van der Waals surface area (Å²) >= 11 is 1.59. The topological polar surface area (TPSA) is 72.5 Å².